The molecule has 174 valence electrons. The molecule has 4 rings (SSSR count). The van der Waals surface area contributed by atoms with Gasteiger partial charge in [-0.2, -0.15) is 0 Å². The summed E-state index contributed by atoms with van der Waals surface area (Å²) in [6.07, 6.45) is 1.86. The van der Waals surface area contributed by atoms with E-state index in [4.69, 9.17) is 9.47 Å². The van der Waals surface area contributed by atoms with Crippen LogP contribution in [0.15, 0.2) is 29.4 Å². The smallest absolute Gasteiger partial charge is 0.341 e. The molecule has 1 aromatic carbocycles. The van der Waals surface area contributed by atoms with Gasteiger partial charge in [0.25, 0.3) is 0 Å². The zero-order valence-electron chi connectivity index (χ0n) is 18.8. The normalized spacial score (nSPS) is 15.5. The summed E-state index contributed by atoms with van der Waals surface area (Å²) in [7, 11) is 0. The number of nitrogens with one attached hydrogen (secondary N) is 2. The zero-order valence-corrected chi connectivity index (χ0v) is 20.4. The van der Waals surface area contributed by atoms with Crippen molar-refractivity contribution >= 4 is 40.0 Å². The van der Waals surface area contributed by atoms with Crippen molar-refractivity contribution in [3.63, 3.8) is 0 Å². The number of thioether (sulfide) groups is 1. The summed E-state index contributed by atoms with van der Waals surface area (Å²) in [6, 6.07) is 7.95. The first-order chi connectivity index (χ1) is 16.0. The van der Waals surface area contributed by atoms with Crippen LogP contribution in [0.25, 0.3) is 11.1 Å². The Labute approximate surface area is 200 Å². The Balaban J connectivity index is 1.49. The molecule has 1 atom stereocenters. The molecule has 1 amide bonds. The molecule has 0 bridgehead atoms. The van der Waals surface area contributed by atoms with Crippen LogP contribution in [-0.4, -0.2) is 46.0 Å². The lowest BCUT2D eigenvalue weighted by Gasteiger charge is -2.09. The summed E-state index contributed by atoms with van der Waals surface area (Å²) in [5.74, 6) is 0.111. The molecular weight excluding hydrogens is 460 g/mol. The molecule has 3 heterocycles. The molecule has 2 N–H and O–H groups in total. The average Bonchev–Trinajstić information content (AvgIpc) is 3.53. The summed E-state index contributed by atoms with van der Waals surface area (Å²) in [5.41, 5.74) is 3.22. The van der Waals surface area contributed by atoms with Gasteiger partial charge in [0, 0.05) is 17.0 Å². The van der Waals surface area contributed by atoms with Gasteiger partial charge in [-0.05, 0) is 39.2 Å². The van der Waals surface area contributed by atoms with Gasteiger partial charge in [-0.25, -0.2) is 9.78 Å². The standard InChI is InChI=1S/C23H26N4O4S2/c1-4-30-22(29)19-18(15-9-7-13(2)8-10-15)14(3)33-21(19)24-17(28)12-32-23-25-20(26-27-23)16-6-5-11-31-16/h7-10,16H,4-6,11-12H2,1-3H3,(H,24,28)(H,25,26,27)/t16-/m0/s1. The molecule has 1 saturated heterocycles. The average molecular weight is 487 g/mol. The molecule has 1 fully saturated rings. The second-order valence-corrected chi connectivity index (χ2v) is 9.83. The molecule has 10 heteroatoms. The van der Waals surface area contributed by atoms with E-state index in [1.165, 1.54) is 23.1 Å². The fourth-order valence-corrected chi connectivity index (χ4v) is 5.34. The number of aromatic nitrogens is 3. The maximum atomic E-state index is 12.8. The second kappa shape index (κ2) is 10.5. The van der Waals surface area contributed by atoms with Crippen LogP contribution in [0.4, 0.5) is 5.00 Å². The molecule has 33 heavy (non-hydrogen) atoms. The minimum atomic E-state index is -0.449. The fraction of sp³-hybridized carbons (Fsp3) is 0.391. The third-order valence-corrected chi connectivity index (χ3v) is 7.07. The molecular formula is C23H26N4O4S2. The molecule has 1 aliphatic rings. The Morgan fingerprint density at radius 2 is 2.09 bits per heavy atom. The van der Waals surface area contributed by atoms with Gasteiger partial charge in [0.1, 0.15) is 16.7 Å². The Bertz CT molecular complexity index is 1130. The summed E-state index contributed by atoms with van der Waals surface area (Å²) in [4.78, 5) is 30.9. The van der Waals surface area contributed by atoms with Crippen molar-refractivity contribution in [1.82, 2.24) is 15.2 Å². The first-order valence-electron chi connectivity index (χ1n) is 10.8. The molecule has 0 saturated carbocycles. The van der Waals surface area contributed by atoms with E-state index in [0.29, 0.717) is 21.5 Å². The predicted octanol–water partition coefficient (Wildman–Crippen LogP) is 4.91. The molecule has 3 aromatic rings. The van der Waals surface area contributed by atoms with Crippen molar-refractivity contribution in [3.05, 3.63) is 46.1 Å². The Hall–Kier alpha value is -2.69. The molecule has 0 spiro atoms. The third-order valence-electron chi connectivity index (χ3n) is 5.21. The number of aromatic amines is 1. The Morgan fingerprint density at radius 1 is 1.30 bits per heavy atom. The minimum absolute atomic E-state index is 0.0536. The van der Waals surface area contributed by atoms with Gasteiger partial charge in [-0.15, -0.1) is 16.4 Å². The molecule has 0 radical (unpaired) electrons. The first-order valence-corrected chi connectivity index (χ1v) is 12.6. The van der Waals surface area contributed by atoms with Gasteiger partial charge in [-0.1, -0.05) is 41.6 Å². The monoisotopic (exact) mass is 486 g/mol. The van der Waals surface area contributed by atoms with Crippen LogP contribution >= 0.6 is 23.1 Å². The van der Waals surface area contributed by atoms with Crippen LogP contribution in [0.1, 0.15) is 52.5 Å². The summed E-state index contributed by atoms with van der Waals surface area (Å²) in [6.45, 7) is 6.69. The van der Waals surface area contributed by atoms with Gasteiger partial charge in [0.15, 0.2) is 5.82 Å². The van der Waals surface area contributed by atoms with Crippen LogP contribution in [0.2, 0.25) is 0 Å². The van der Waals surface area contributed by atoms with E-state index in [9.17, 15) is 9.59 Å². The molecule has 0 unspecified atom stereocenters. The highest BCUT2D eigenvalue weighted by Gasteiger charge is 2.26. The summed E-state index contributed by atoms with van der Waals surface area (Å²) >= 11 is 2.60. The minimum Gasteiger partial charge on any atom is -0.462 e. The number of amides is 1. The van der Waals surface area contributed by atoms with E-state index in [2.05, 4.69) is 20.5 Å². The van der Waals surface area contributed by atoms with Crippen molar-refractivity contribution in [2.75, 3.05) is 24.3 Å². The number of anilines is 1. The number of hydrogen-bond donors (Lipinski definition) is 2. The highest BCUT2D eigenvalue weighted by Crippen LogP contribution is 2.40. The van der Waals surface area contributed by atoms with Gasteiger partial charge in [0.05, 0.1) is 12.4 Å². The van der Waals surface area contributed by atoms with Crippen molar-refractivity contribution in [1.29, 1.82) is 0 Å². The number of rotatable bonds is 8. The van der Waals surface area contributed by atoms with Crippen molar-refractivity contribution in [2.24, 2.45) is 0 Å². The number of aryl methyl sites for hydroxylation is 2. The first kappa shape index (κ1) is 23.5. The maximum Gasteiger partial charge on any atom is 0.341 e. The van der Waals surface area contributed by atoms with E-state index in [1.54, 1.807) is 6.92 Å². The molecule has 8 nitrogen and oxygen atoms in total. The number of esters is 1. The highest BCUT2D eigenvalue weighted by molar-refractivity contribution is 7.99. The van der Waals surface area contributed by atoms with E-state index >= 15 is 0 Å². The SMILES string of the molecule is CCOC(=O)c1c(NC(=O)CSc2n[nH]c([C@@H]3CCCO3)n2)sc(C)c1-c1ccc(C)cc1. The number of nitrogens with zero attached hydrogens (tertiary/aromatic N) is 2. The van der Waals surface area contributed by atoms with Crippen LogP contribution in [0.3, 0.4) is 0 Å². The number of carbonyl (C=O) groups excluding carboxylic acids is 2. The summed E-state index contributed by atoms with van der Waals surface area (Å²) in [5, 5.41) is 10.9. The number of hydrogen-bond acceptors (Lipinski definition) is 8. The predicted molar refractivity (Wildman–Crippen MR) is 129 cm³/mol. The largest absolute Gasteiger partial charge is 0.462 e. The molecule has 1 aliphatic heterocycles. The van der Waals surface area contributed by atoms with E-state index < -0.39 is 5.97 Å². The van der Waals surface area contributed by atoms with Crippen molar-refractivity contribution < 1.29 is 19.1 Å². The third kappa shape index (κ3) is 5.45. The second-order valence-electron chi connectivity index (χ2n) is 7.67. The number of thiophene rings is 1. The zero-order chi connectivity index (χ0) is 23.4. The topological polar surface area (TPSA) is 106 Å². The van der Waals surface area contributed by atoms with Crippen LogP contribution in [-0.2, 0) is 14.3 Å². The molecule has 0 aliphatic carbocycles. The highest BCUT2D eigenvalue weighted by atomic mass is 32.2. The number of carbonyl (C=O) groups is 2. The molecule has 2 aromatic heterocycles. The van der Waals surface area contributed by atoms with Crippen molar-refractivity contribution in [3.8, 4) is 11.1 Å². The summed E-state index contributed by atoms with van der Waals surface area (Å²) < 4.78 is 10.9. The number of ether oxygens (including phenoxy) is 2. The van der Waals surface area contributed by atoms with Gasteiger partial charge >= 0.3 is 5.97 Å². The lowest BCUT2D eigenvalue weighted by Crippen LogP contribution is -2.16. The van der Waals surface area contributed by atoms with Crippen LogP contribution in [0.5, 0.6) is 0 Å². The van der Waals surface area contributed by atoms with Crippen molar-refractivity contribution in [2.45, 2.75) is 44.9 Å². The van der Waals surface area contributed by atoms with E-state index in [0.717, 1.165) is 41.0 Å². The van der Waals surface area contributed by atoms with E-state index in [-0.39, 0.29) is 24.4 Å². The van der Waals surface area contributed by atoms with Crippen LogP contribution in [0, 0.1) is 13.8 Å². The Kier molecular flexibility index (Phi) is 7.46. The number of benzene rings is 1. The Morgan fingerprint density at radius 3 is 2.79 bits per heavy atom. The van der Waals surface area contributed by atoms with Gasteiger partial charge < -0.3 is 14.8 Å². The maximum absolute atomic E-state index is 12.8. The lowest BCUT2D eigenvalue weighted by molar-refractivity contribution is -0.113. The lowest BCUT2D eigenvalue weighted by atomic mass is 10.0. The quantitative estimate of drug-likeness (QED) is 0.344. The van der Waals surface area contributed by atoms with Gasteiger partial charge in [0.2, 0.25) is 11.1 Å². The van der Waals surface area contributed by atoms with Crippen LogP contribution < -0.4 is 5.32 Å². The van der Waals surface area contributed by atoms with E-state index in [1.807, 2.05) is 38.1 Å². The number of H-pyrrole nitrogens is 1. The van der Waals surface area contributed by atoms with Gasteiger partial charge in [-0.3, -0.25) is 9.89 Å². The fourth-order valence-electron chi connectivity index (χ4n) is 3.65.